The Morgan fingerprint density at radius 3 is 2.63 bits per heavy atom. The van der Waals surface area contributed by atoms with E-state index in [9.17, 15) is 17.6 Å². The summed E-state index contributed by atoms with van der Waals surface area (Å²) in [4.78, 5) is 0.572. The fourth-order valence-corrected chi connectivity index (χ4v) is 2.03. The average molecular weight is 293 g/mol. The number of hydrogen-bond acceptors (Lipinski definition) is 3. The maximum absolute atomic E-state index is 12.8. The van der Waals surface area contributed by atoms with E-state index in [2.05, 4.69) is 4.74 Å². The number of rotatable bonds is 6. The molecular weight excluding hydrogens is 282 g/mol. The van der Waals surface area contributed by atoms with Crippen LogP contribution in [0.4, 0.5) is 17.6 Å². The van der Waals surface area contributed by atoms with Gasteiger partial charge in [-0.25, -0.2) is 8.78 Å². The van der Waals surface area contributed by atoms with E-state index < -0.39 is 19.0 Å². The van der Waals surface area contributed by atoms with E-state index in [1.807, 2.05) is 13.0 Å². The normalized spacial score (nSPS) is 11.4. The fourth-order valence-electron chi connectivity index (χ4n) is 1.25. The minimum absolute atomic E-state index is 0.0828. The molecule has 19 heavy (non-hydrogen) atoms. The van der Waals surface area contributed by atoms with Crippen LogP contribution in [0.25, 0.3) is 0 Å². The number of ether oxygens (including phenoxy) is 1. The molecule has 2 nitrogen and oxygen atoms in total. The summed E-state index contributed by atoms with van der Waals surface area (Å²) < 4.78 is 54.2. The lowest BCUT2D eigenvalue weighted by Gasteiger charge is -2.17. The van der Waals surface area contributed by atoms with Crippen LogP contribution < -0.4 is 4.74 Å². The number of nitriles is 1. The first-order chi connectivity index (χ1) is 8.92. The molecule has 0 aromatic heterocycles. The monoisotopic (exact) mass is 293 g/mol. The lowest BCUT2D eigenvalue weighted by atomic mass is 10.2. The summed E-state index contributed by atoms with van der Waals surface area (Å²) >= 11 is 1.34. The lowest BCUT2D eigenvalue weighted by molar-refractivity contribution is -0.148. The predicted octanol–water partition coefficient (Wildman–Crippen LogP) is 3.95. The Bertz CT molecular complexity index is 473. The van der Waals surface area contributed by atoms with Gasteiger partial charge in [-0.05, 0) is 17.9 Å². The van der Waals surface area contributed by atoms with Crippen LogP contribution in [-0.2, 0) is 0 Å². The molecule has 1 aromatic carbocycles. The van der Waals surface area contributed by atoms with E-state index in [-0.39, 0.29) is 11.3 Å². The highest BCUT2D eigenvalue weighted by Crippen LogP contribution is 2.31. The van der Waals surface area contributed by atoms with Gasteiger partial charge in [-0.1, -0.05) is 13.0 Å². The van der Waals surface area contributed by atoms with Crippen molar-refractivity contribution < 1.29 is 22.3 Å². The highest BCUT2D eigenvalue weighted by Gasteiger charge is 2.41. The molecule has 0 radical (unpaired) electrons. The van der Waals surface area contributed by atoms with E-state index in [4.69, 9.17) is 5.26 Å². The molecule has 0 aliphatic heterocycles. The van der Waals surface area contributed by atoms with Crippen LogP contribution in [0.2, 0.25) is 0 Å². The quantitative estimate of drug-likeness (QED) is 0.588. The van der Waals surface area contributed by atoms with Crippen molar-refractivity contribution in [3.05, 3.63) is 23.8 Å². The van der Waals surface area contributed by atoms with Crippen LogP contribution in [0.15, 0.2) is 23.1 Å². The first-order valence-electron chi connectivity index (χ1n) is 5.37. The van der Waals surface area contributed by atoms with Crippen LogP contribution >= 0.6 is 11.8 Å². The first kappa shape index (κ1) is 15.6. The molecule has 0 saturated heterocycles. The van der Waals surface area contributed by atoms with Crippen molar-refractivity contribution in [2.75, 3.05) is 12.4 Å². The SMILES string of the molecule is CCSc1cccc(OCC(F)(F)C(F)F)c1C#N. The van der Waals surface area contributed by atoms with Gasteiger partial charge < -0.3 is 4.74 Å². The molecule has 0 amide bonds. The van der Waals surface area contributed by atoms with Gasteiger partial charge in [0.05, 0.1) is 0 Å². The summed E-state index contributed by atoms with van der Waals surface area (Å²) in [6.07, 6.45) is -3.80. The van der Waals surface area contributed by atoms with Gasteiger partial charge in [0, 0.05) is 4.90 Å². The van der Waals surface area contributed by atoms with Gasteiger partial charge in [0.25, 0.3) is 0 Å². The van der Waals surface area contributed by atoms with E-state index in [0.717, 1.165) is 0 Å². The molecule has 0 N–H and O–H groups in total. The molecule has 0 spiro atoms. The molecule has 104 valence electrons. The summed E-state index contributed by atoms with van der Waals surface area (Å²) in [5.41, 5.74) is 0.0828. The van der Waals surface area contributed by atoms with Gasteiger partial charge in [-0.3, -0.25) is 0 Å². The Morgan fingerprint density at radius 1 is 1.42 bits per heavy atom. The fraction of sp³-hybridized carbons (Fsp3) is 0.417. The third-order valence-electron chi connectivity index (χ3n) is 2.14. The van der Waals surface area contributed by atoms with Crippen molar-refractivity contribution in [2.24, 2.45) is 0 Å². The highest BCUT2D eigenvalue weighted by atomic mass is 32.2. The van der Waals surface area contributed by atoms with E-state index in [1.165, 1.54) is 23.9 Å². The number of hydrogen-bond donors (Lipinski definition) is 0. The summed E-state index contributed by atoms with van der Waals surface area (Å²) in [6, 6.07) is 6.31. The zero-order valence-corrected chi connectivity index (χ0v) is 10.8. The third kappa shape index (κ3) is 4.03. The number of halogens is 4. The van der Waals surface area contributed by atoms with E-state index in [0.29, 0.717) is 10.6 Å². The summed E-state index contributed by atoms with van der Waals surface area (Å²) in [5.74, 6) is -3.66. The smallest absolute Gasteiger partial charge is 0.340 e. The molecule has 0 fully saturated rings. The minimum atomic E-state index is -4.24. The Kier molecular flexibility index (Phi) is 5.48. The zero-order chi connectivity index (χ0) is 14.5. The molecule has 0 heterocycles. The Labute approximate surface area is 112 Å². The molecule has 0 atom stereocenters. The summed E-state index contributed by atoms with van der Waals surface area (Å²) in [6.45, 7) is 0.407. The Balaban J connectivity index is 2.90. The van der Waals surface area contributed by atoms with Crippen molar-refractivity contribution in [1.82, 2.24) is 0 Å². The molecule has 0 saturated carbocycles. The summed E-state index contributed by atoms with van der Waals surface area (Å²) in [5, 5.41) is 8.99. The maximum Gasteiger partial charge on any atom is 0.340 e. The maximum atomic E-state index is 12.8. The Hall–Kier alpha value is -1.42. The molecule has 0 unspecified atom stereocenters. The third-order valence-corrected chi connectivity index (χ3v) is 3.08. The number of thioether (sulfide) groups is 1. The summed E-state index contributed by atoms with van der Waals surface area (Å²) in [7, 11) is 0. The van der Waals surface area contributed by atoms with Crippen LogP contribution in [0.1, 0.15) is 12.5 Å². The van der Waals surface area contributed by atoms with Crippen molar-refractivity contribution in [1.29, 1.82) is 5.26 Å². The molecule has 1 rings (SSSR count). The zero-order valence-electron chi connectivity index (χ0n) is 10.00. The molecule has 0 aliphatic rings. The second kappa shape index (κ2) is 6.66. The number of benzene rings is 1. The molecule has 7 heteroatoms. The van der Waals surface area contributed by atoms with Crippen molar-refractivity contribution >= 4 is 11.8 Å². The number of nitrogens with zero attached hydrogens (tertiary/aromatic N) is 1. The molecule has 0 aliphatic carbocycles. The minimum Gasteiger partial charge on any atom is -0.486 e. The molecule has 1 aromatic rings. The highest BCUT2D eigenvalue weighted by molar-refractivity contribution is 7.99. The van der Waals surface area contributed by atoms with Crippen molar-refractivity contribution in [2.45, 2.75) is 24.2 Å². The van der Waals surface area contributed by atoms with Crippen molar-refractivity contribution in [3.8, 4) is 11.8 Å². The predicted molar refractivity (Wildman–Crippen MR) is 64.0 cm³/mol. The second-order valence-electron chi connectivity index (χ2n) is 3.52. The second-order valence-corrected chi connectivity index (χ2v) is 4.83. The van der Waals surface area contributed by atoms with Crippen LogP contribution in [-0.4, -0.2) is 24.7 Å². The van der Waals surface area contributed by atoms with Crippen LogP contribution in [0, 0.1) is 11.3 Å². The van der Waals surface area contributed by atoms with Crippen molar-refractivity contribution in [3.63, 3.8) is 0 Å². The van der Waals surface area contributed by atoms with Gasteiger partial charge in [0.2, 0.25) is 0 Å². The van der Waals surface area contributed by atoms with Gasteiger partial charge in [-0.15, -0.1) is 11.8 Å². The van der Waals surface area contributed by atoms with Gasteiger partial charge in [0.1, 0.15) is 17.4 Å². The van der Waals surface area contributed by atoms with Crippen LogP contribution in [0.3, 0.4) is 0 Å². The first-order valence-corrected chi connectivity index (χ1v) is 6.35. The lowest BCUT2D eigenvalue weighted by Crippen LogP contribution is -2.33. The average Bonchev–Trinajstić information content (AvgIpc) is 2.36. The van der Waals surface area contributed by atoms with Gasteiger partial charge in [0.15, 0.2) is 6.61 Å². The van der Waals surface area contributed by atoms with Gasteiger partial charge >= 0.3 is 12.3 Å². The molecular formula is C12H11F4NOS. The van der Waals surface area contributed by atoms with E-state index >= 15 is 0 Å². The topological polar surface area (TPSA) is 33.0 Å². The molecule has 0 bridgehead atoms. The number of alkyl halides is 4. The van der Waals surface area contributed by atoms with E-state index in [1.54, 1.807) is 6.07 Å². The van der Waals surface area contributed by atoms with Gasteiger partial charge in [-0.2, -0.15) is 14.0 Å². The largest absolute Gasteiger partial charge is 0.486 e. The van der Waals surface area contributed by atoms with Crippen LogP contribution in [0.5, 0.6) is 5.75 Å². The Morgan fingerprint density at radius 2 is 2.11 bits per heavy atom. The standard InChI is InChI=1S/C12H11F4NOS/c1-2-19-10-5-3-4-9(8(10)6-17)18-7-12(15,16)11(13)14/h3-5,11H,2,7H2,1H3.